The highest BCUT2D eigenvalue weighted by Gasteiger charge is 2.53. The maximum absolute atomic E-state index is 14.2. The molecule has 0 radical (unpaired) electrons. The lowest BCUT2D eigenvalue weighted by Crippen LogP contribution is -2.33. The van der Waals surface area contributed by atoms with Gasteiger partial charge in [0.25, 0.3) is 0 Å². The minimum absolute atomic E-state index is 0.0535. The zero-order valence-corrected chi connectivity index (χ0v) is 19.7. The fourth-order valence-electron chi connectivity index (χ4n) is 5.97. The second-order valence-electron chi connectivity index (χ2n) is 9.86. The van der Waals surface area contributed by atoms with Crippen molar-refractivity contribution in [3.63, 3.8) is 0 Å². The Labute approximate surface area is 205 Å². The van der Waals surface area contributed by atoms with Crippen molar-refractivity contribution in [3.05, 3.63) is 88.5 Å². The largest absolute Gasteiger partial charge is 0.508 e. The number of piperidine rings is 1. The number of hydrogen-bond donors (Lipinski definition) is 2. The zero-order chi connectivity index (χ0) is 24.0. The molecule has 1 saturated heterocycles. The van der Waals surface area contributed by atoms with Gasteiger partial charge < -0.3 is 14.9 Å². The molecular formula is C30H29NO4. The maximum atomic E-state index is 14.2. The predicted molar refractivity (Wildman–Crippen MR) is 136 cm³/mol. The van der Waals surface area contributed by atoms with Gasteiger partial charge in [-0.15, -0.1) is 0 Å². The van der Waals surface area contributed by atoms with Gasteiger partial charge in [-0.2, -0.15) is 0 Å². The van der Waals surface area contributed by atoms with Gasteiger partial charge in [0.15, 0.2) is 5.78 Å². The molecule has 3 aliphatic rings. The Morgan fingerprint density at radius 3 is 2.46 bits per heavy atom. The average molecular weight is 468 g/mol. The van der Waals surface area contributed by atoms with E-state index in [1.54, 1.807) is 24.3 Å². The van der Waals surface area contributed by atoms with Crippen molar-refractivity contribution in [1.29, 1.82) is 0 Å². The number of ketones is 1. The van der Waals surface area contributed by atoms with Gasteiger partial charge in [-0.3, -0.25) is 9.69 Å². The first-order chi connectivity index (χ1) is 17.0. The van der Waals surface area contributed by atoms with Gasteiger partial charge in [0, 0.05) is 12.1 Å². The van der Waals surface area contributed by atoms with Crippen molar-refractivity contribution in [2.24, 2.45) is 0 Å². The fraction of sp³-hybridized carbons (Fsp3) is 0.300. The first-order valence-corrected chi connectivity index (χ1v) is 12.4. The molecule has 1 unspecified atom stereocenters. The van der Waals surface area contributed by atoms with Gasteiger partial charge in [-0.1, -0.05) is 30.7 Å². The van der Waals surface area contributed by atoms with E-state index < -0.39 is 5.41 Å². The van der Waals surface area contributed by atoms with E-state index >= 15 is 0 Å². The molecule has 5 nitrogen and oxygen atoms in total. The van der Waals surface area contributed by atoms with E-state index in [1.165, 1.54) is 19.3 Å². The van der Waals surface area contributed by atoms with Gasteiger partial charge in [0.2, 0.25) is 0 Å². The van der Waals surface area contributed by atoms with Crippen molar-refractivity contribution in [2.45, 2.75) is 31.1 Å². The summed E-state index contributed by atoms with van der Waals surface area (Å²) in [7, 11) is 0. The highest BCUT2D eigenvalue weighted by Crippen LogP contribution is 2.55. The summed E-state index contributed by atoms with van der Waals surface area (Å²) in [6.45, 7) is 3.78. The molecule has 1 fully saturated rings. The van der Waals surface area contributed by atoms with Crippen molar-refractivity contribution < 1.29 is 19.7 Å². The molecule has 0 saturated carbocycles. The Bertz CT molecular complexity index is 1320. The number of benzene rings is 3. The third-order valence-electron chi connectivity index (χ3n) is 7.73. The number of phenolic OH excluding ortho intramolecular Hbond substituents is 2. The van der Waals surface area contributed by atoms with Crippen LogP contribution in [-0.2, 0) is 11.8 Å². The lowest BCUT2D eigenvalue weighted by molar-refractivity contribution is 0.0940. The summed E-state index contributed by atoms with van der Waals surface area (Å²) >= 11 is 0. The quantitative estimate of drug-likeness (QED) is 0.540. The molecule has 2 aliphatic carbocycles. The number of likely N-dealkylation sites (tertiary alicyclic amines) is 1. The molecule has 5 heteroatoms. The molecule has 0 amide bonds. The van der Waals surface area contributed by atoms with Gasteiger partial charge in [-0.25, -0.2) is 0 Å². The number of rotatable bonds is 5. The van der Waals surface area contributed by atoms with Crippen LogP contribution in [0.1, 0.15) is 51.9 Å². The first kappa shape index (κ1) is 21.9. The second kappa shape index (κ2) is 8.58. The van der Waals surface area contributed by atoms with Gasteiger partial charge in [-0.05, 0) is 103 Å². The van der Waals surface area contributed by atoms with E-state index in [9.17, 15) is 15.0 Å². The maximum Gasteiger partial charge on any atom is 0.178 e. The summed E-state index contributed by atoms with van der Waals surface area (Å²) in [6.07, 6.45) is 6.38. The molecule has 1 spiro atoms. The van der Waals surface area contributed by atoms with Crippen LogP contribution in [0.15, 0.2) is 60.7 Å². The molecule has 3 aromatic carbocycles. The lowest BCUT2D eigenvalue weighted by atomic mass is 9.72. The van der Waals surface area contributed by atoms with Crippen LogP contribution in [0.25, 0.3) is 11.6 Å². The summed E-state index contributed by atoms with van der Waals surface area (Å²) in [6, 6.07) is 18.1. The summed E-state index contributed by atoms with van der Waals surface area (Å²) in [4.78, 5) is 16.6. The number of nitrogens with zero attached hydrogens (tertiary/aromatic N) is 1. The van der Waals surface area contributed by atoms with E-state index in [0.29, 0.717) is 18.6 Å². The number of fused-ring (bicyclic) bond motifs is 3. The third kappa shape index (κ3) is 3.71. The second-order valence-corrected chi connectivity index (χ2v) is 9.86. The monoisotopic (exact) mass is 467 g/mol. The third-order valence-corrected chi connectivity index (χ3v) is 7.73. The molecule has 1 heterocycles. The van der Waals surface area contributed by atoms with Crippen LogP contribution in [0, 0.1) is 0 Å². The van der Waals surface area contributed by atoms with Crippen LogP contribution in [0.4, 0.5) is 0 Å². The van der Waals surface area contributed by atoms with E-state index in [-0.39, 0.29) is 17.3 Å². The van der Waals surface area contributed by atoms with Crippen LogP contribution >= 0.6 is 0 Å². The minimum Gasteiger partial charge on any atom is -0.508 e. The number of hydrogen-bond acceptors (Lipinski definition) is 5. The molecule has 0 aromatic heterocycles. The highest BCUT2D eigenvalue weighted by molar-refractivity contribution is 6.21. The van der Waals surface area contributed by atoms with Crippen molar-refractivity contribution in [1.82, 2.24) is 4.90 Å². The highest BCUT2D eigenvalue weighted by atomic mass is 16.5. The molecule has 1 atom stereocenters. The van der Waals surface area contributed by atoms with Crippen LogP contribution in [0.5, 0.6) is 17.2 Å². The topological polar surface area (TPSA) is 70.0 Å². The van der Waals surface area contributed by atoms with Crippen LogP contribution in [0.3, 0.4) is 0 Å². The van der Waals surface area contributed by atoms with Gasteiger partial charge in [0.1, 0.15) is 23.9 Å². The predicted octanol–water partition coefficient (Wildman–Crippen LogP) is 5.19. The Hall–Kier alpha value is -3.57. The summed E-state index contributed by atoms with van der Waals surface area (Å²) < 4.78 is 6.07. The van der Waals surface area contributed by atoms with Crippen molar-refractivity contribution in [3.8, 4) is 17.2 Å². The standard InChI is InChI=1S/C30H29NO4/c32-23-7-4-20(5-8-23)28-17-22-16-24(33)9-11-27(22)30(28)19-21-6-10-25(18-26(21)29(30)34)35-15-14-31-12-2-1-3-13-31/h4-11,16-18,32-33H,1-3,12-15,19H2. The molecule has 3 aromatic rings. The Balaban J connectivity index is 1.32. The fourth-order valence-corrected chi connectivity index (χ4v) is 5.97. The number of Topliss-reactive ketones (excluding diaryl/α,β-unsaturated/α-hetero) is 1. The van der Waals surface area contributed by atoms with E-state index in [1.807, 2.05) is 42.5 Å². The van der Waals surface area contributed by atoms with Gasteiger partial charge >= 0.3 is 0 Å². The van der Waals surface area contributed by atoms with Crippen molar-refractivity contribution in [2.75, 3.05) is 26.2 Å². The molecule has 0 bridgehead atoms. The normalized spacial score (nSPS) is 21.1. The molecule has 2 N–H and O–H groups in total. The SMILES string of the molecule is O=C1c2cc(OCCN3CCCCC3)ccc2CC12C(c1ccc(O)cc1)=Cc1cc(O)ccc12. The number of carbonyl (C=O) groups is 1. The number of aromatic hydroxyl groups is 2. The van der Waals surface area contributed by atoms with E-state index in [0.717, 1.165) is 53.2 Å². The van der Waals surface area contributed by atoms with E-state index in [4.69, 9.17) is 4.74 Å². The van der Waals surface area contributed by atoms with Crippen LogP contribution in [0.2, 0.25) is 0 Å². The Morgan fingerprint density at radius 2 is 1.66 bits per heavy atom. The van der Waals surface area contributed by atoms with Gasteiger partial charge in [0.05, 0.1) is 5.41 Å². The van der Waals surface area contributed by atoms with Crippen molar-refractivity contribution >= 4 is 17.4 Å². The molecule has 6 rings (SSSR count). The summed E-state index contributed by atoms with van der Waals surface area (Å²) in [5, 5.41) is 19.9. The Kier molecular flexibility index (Phi) is 5.37. The van der Waals surface area contributed by atoms with E-state index in [2.05, 4.69) is 4.90 Å². The number of ether oxygens (including phenoxy) is 1. The molecule has 178 valence electrons. The number of phenols is 2. The lowest BCUT2D eigenvalue weighted by Gasteiger charge is -2.28. The molecular weight excluding hydrogens is 438 g/mol. The smallest absolute Gasteiger partial charge is 0.178 e. The number of carbonyl (C=O) groups excluding carboxylic acids is 1. The molecule has 35 heavy (non-hydrogen) atoms. The zero-order valence-electron chi connectivity index (χ0n) is 19.7. The van der Waals surface area contributed by atoms with Crippen LogP contribution < -0.4 is 4.74 Å². The average Bonchev–Trinajstić information content (AvgIpc) is 3.34. The summed E-state index contributed by atoms with van der Waals surface area (Å²) in [5.41, 5.74) is 4.40. The molecule has 1 aliphatic heterocycles. The Morgan fingerprint density at radius 1 is 0.886 bits per heavy atom. The first-order valence-electron chi connectivity index (χ1n) is 12.4. The summed E-state index contributed by atoms with van der Waals surface area (Å²) in [5.74, 6) is 1.14. The minimum atomic E-state index is -0.852. The number of allylic oxidation sites excluding steroid dienone is 1. The van der Waals surface area contributed by atoms with Crippen LogP contribution in [-0.4, -0.2) is 47.1 Å².